The maximum atomic E-state index is 14.0. The molecule has 3 aromatic rings. The first kappa shape index (κ1) is 26.7. The minimum absolute atomic E-state index is 0.189. The second-order valence-corrected chi connectivity index (χ2v) is 10.7. The van der Waals surface area contributed by atoms with Gasteiger partial charge in [-0.05, 0) is 64.2 Å². The van der Waals surface area contributed by atoms with Gasteiger partial charge >= 0.3 is 11.7 Å². The predicted octanol–water partition coefficient (Wildman–Crippen LogP) is 3.32. The molecule has 1 amide bonds. The maximum absolute atomic E-state index is 14.0. The number of esters is 1. The summed E-state index contributed by atoms with van der Waals surface area (Å²) in [7, 11) is 1.59. The molecular formula is C27H33N3O6S. The molecule has 0 N–H and O–H groups in total. The smallest absolute Gasteiger partial charge is 0.348 e. The zero-order chi connectivity index (χ0) is 26.9. The lowest BCUT2D eigenvalue weighted by molar-refractivity contribution is -0.138. The monoisotopic (exact) mass is 527 g/mol. The highest BCUT2D eigenvalue weighted by molar-refractivity contribution is 7.20. The average molecular weight is 528 g/mol. The Morgan fingerprint density at radius 3 is 2.43 bits per heavy atom. The van der Waals surface area contributed by atoms with E-state index in [2.05, 4.69) is 0 Å². The number of benzene rings is 1. The van der Waals surface area contributed by atoms with Crippen molar-refractivity contribution in [2.45, 2.75) is 59.0 Å². The molecule has 0 bridgehead atoms. The standard InChI is InChI=1S/C27H33N3O6S/c1-6-36-24(32)21-17(2)20-22(31)30(27(3,4)25(33)28-14-9-10-15-28)26(34)29(23(20)37-21)16-13-18-11-7-8-12-19(18)35-5/h7-8,11-12H,6,9-10,13-16H2,1-5H3. The van der Waals surface area contributed by atoms with Crippen LogP contribution in [0.2, 0.25) is 0 Å². The first-order valence-corrected chi connectivity index (χ1v) is 13.3. The number of rotatable bonds is 8. The van der Waals surface area contributed by atoms with E-state index in [1.165, 1.54) is 4.57 Å². The van der Waals surface area contributed by atoms with Crippen LogP contribution in [0.3, 0.4) is 0 Å². The van der Waals surface area contributed by atoms with Gasteiger partial charge in [-0.3, -0.25) is 14.2 Å². The largest absolute Gasteiger partial charge is 0.496 e. The fourth-order valence-electron chi connectivity index (χ4n) is 4.97. The minimum atomic E-state index is -1.41. The summed E-state index contributed by atoms with van der Waals surface area (Å²) >= 11 is 1.07. The van der Waals surface area contributed by atoms with Crippen LogP contribution in [0.1, 0.15) is 54.4 Å². The lowest BCUT2D eigenvalue weighted by Crippen LogP contribution is -2.56. The number of thiophene rings is 1. The van der Waals surface area contributed by atoms with E-state index in [-0.39, 0.29) is 29.3 Å². The molecule has 1 aliphatic heterocycles. The number of aromatic nitrogens is 2. The van der Waals surface area contributed by atoms with Crippen molar-refractivity contribution < 1.29 is 19.1 Å². The Hall–Kier alpha value is -3.40. The van der Waals surface area contributed by atoms with E-state index >= 15 is 0 Å². The fourth-order valence-corrected chi connectivity index (χ4v) is 6.19. The molecule has 9 nitrogen and oxygen atoms in total. The molecule has 2 aromatic heterocycles. The van der Waals surface area contributed by atoms with Gasteiger partial charge in [0.1, 0.15) is 21.0 Å². The van der Waals surface area contributed by atoms with E-state index in [1.54, 1.807) is 39.7 Å². The molecule has 0 saturated carbocycles. The Labute approximate surface area is 219 Å². The van der Waals surface area contributed by atoms with E-state index < -0.39 is 22.8 Å². The number of aryl methyl sites for hydroxylation is 3. The second-order valence-electron chi connectivity index (χ2n) is 9.65. The van der Waals surface area contributed by atoms with Crippen LogP contribution < -0.4 is 16.0 Å². The van der Waals surface area contributed by atoms with E-state index in [0.717, 1.165) is 34.3 Å². The summed E-state index contributed by atoms with van der Waals surface area (Å²) in [5.74, 6) is -0.110. The van der Waals surface area contributed by atoms with Crippen molar-refractivity contribution in [2.24, 2.45) is 0 Å². The first-order chi connectivity index (χ1) is 17.6. The number of fused-ring (bicyclic) bond motifs is 1. The molecule has 1 aromatic carbocycles. The summed E-state index contributed by atoms with van der Waals surface area (Å²) < 4.78 is 13.2. The van der Waals surface area contributed by atoms with Gasteiger partial charge < -0.3 is 14.4 Å². The van der Waals surface area contributed by atoms with Gasteiger partial charge in [0, 0.05) is 19.6 Å². The normalized spacial score (nSPS) is 13.8. The number of hydrogen-bond acceptors (Lipinski definition) is 7. The topological polar surface area (TPSA) is 99.8 Å². The molecule has 4 rings (SSSR count). The van der Waals surface area contributed by atoms with Crippen LogP contribution in [0.15, 0.2) is 33.9 Å². The highest BCUT2D eigenvalue weighted by atomic mass is 32.1. The molecule has 10 heteroatoms. The highest BCUT2D eigenvalue weighted by Crippen LogP contribution is 2.30. The number of nitrogens with zero attached hydrogens (tertiary/aromatic N) is 3. The van der Waals surface area contributed by atoms with E-state index in [4.69, 9.17) is 9.47 Å². The van der Waals surface area contributed by atoms with Crippen LogP contribution in [-0.2, 0) is 28.0 Å². The number of para-hydroxylation sites is 1. The zero-order valence-corrected chi connectivity index (χ0v) is 22.8. The quantitative estimate of drug-likeness (QED) is 0.417. The van der Waals surface area contributed by atoms with Crippen molar-refractivity contribution in [3.05, 3.63) is 61.1 Å². The second kappa shape index (κ2) is 10.5. The van der Waals surface area contributed by atoms with Crippen LogP contribution in [0.4, 0.5) is 0 Å². The molecule has 0 atom stereocenters. The average Bonchev–Trinajstić information content (AvgIpc) is 3.52. The van der Waals surface area contributed by atoms with Crippen LogP contribution in [0, 0.1) is 6.92 Å². The molecule has 0 unspecified atom stereocenters. The SMILES string of the molecule is CCOC(=O)c1sc2c(c1C)c(=O)n(C(C)(C)C(=O)N1CCCC1)c(=O)n2CCc1ccccc1OC. The van der Waals surface area contributed by atoms with Crippen LogP contribution in [0.5, 0.6) is 5.75 Å². The molecule has 1 saturated heterocycles. The highest BCUT2D eigenvalue weighted by Gasteiger charge is 2.39. The Kier molecular flexibility index (Phi) is 7.59. The molecule has 1 fully saturated rings. The Bertz CT molecular complexity index is 1460. The third kappa shape index (κ3) is 4.70. The molecule has 0 radical (unpaired) electrons. The molecular weight excluding hydrogens is 494 g/mol. The van der Waals surface area contributed by atoms with Crippen LogP contribution in [0.25, 0.3) is 10.2 Å². The number of methoxy groups -OCH3 is 1. The Balaban J connectivity index is 1.93. The summed E-state index contributed by atoms with van der Waals surface area (Å²) in [6.07, 6.45) is 2.24. The molecule has 37 heavy (non-hydrogen) atoms. The number of carbonyl (C=O) groups excluding carboxylic acids is 2. The van der Waals surface area contributed by atoms with Crippen molar-refractivity contribution in [1.82, 2.24) is 14.0 Å². The van der Waals surface area contributed by atoms with Gasteiger partial charge in [-0.2, -0.15) is 0 Å². The summed E-state index contributed by atoms with van der Waals surface area (Å²) in [5, 5.41) is 0.259. The predicted molar refractivity (Wildman–Crippen MR) is 143 cm³/mol. The molecule has 1 aliphatic rings. The Morgan fingerprint density at radius 1 is 1.11 bits per heavy atom. The third-order valence-corrected chi connectivity index (χ3v) is 8.24. The van der Waals surface area contributed by atoms with Crippen molar-refractivity contribution in [2.75, 3.05) is 26.8 Å². The maximum Gasteiger partial charge on any atom is 0.348 e. The van der Waals surface area contributed by atoms with Gasteiger partial charge in [0.05, 0.1) is 19.1 Å². The van der Waals surface area contributed by atoms with E-state index in [0.29, 0.717) is 35.7 Å². The summed E-state index contributed by atoms with van der Waals surface area (Å²) in [5.41, 5.74) is -1.21. The first-order valence-electron chi connectivity index (χ1n) is 12.5. The van der Waals surface area contributed by atoms with Gasteiger partial charge in [-0.1, -0.05) is 18.2 Å². The molecule has 0 spiro atoms. The van der Waals surface area contributed by atoms with Crippen LogP contribution in [-0.4, -0.2) is 52.7 Å². The van der Waals surface area contributed by atoms with Crippen molar-refractivity contribution >= 4 is 33.4 Å². The third-order valence-electron chi connectivity index (χ3n) is 6.95. The Morgan fingerprint density at radius 2 is 1.78 bits per heavy atom. The van der Waals surface area contributed by atoms with E-state index in [9.17, 15) is 19.2 Å². The van der Waals surface area contributed by atoms with Crippen molar-refractivity contribution in [3.63, 3.8) is 0 Å². The van der Waals surface area contributed by atoms with E-state index in [1.807, 2.05) is 24.3 Å². The molecule has 0 aliphatic carbocycles. The summed E-state index contributed by atoms with van der Waals surface area (Å²) in [6, 6.07) is 7.53. The molecule has 3 heterocycles. The van der Waals surface area contributed by atoms with Crippen LogP contribution >= 0.6 is 11.3 Å². The summed E-state index contributed by atoms with van der Waals surface area (Å²) in [6.45, 7) is 8.24. The van der Waals surface area contributed by atoms with Crippen molar-refractivity contribution in [3.8, 4) is 5.75 Å². The number of likely N-dealkylation sites (tertiary alicyclic amines) is 1. The lowest BCUT2D eigenvalue weighted by Gasteiger charge is -2.31. The fraction of sp³-hybridized carbons (Fsp3) is 0.481. The zero-order valence-electron chi connectivity index (χ0n) is 22.0. The molecule has 198 valence electrons. The number of hydrogen-bond donors (Lipinski definition) is 0. The van der Waals surface area contributed by atoms with Crippen molar-refractivity contribution in [1.29, 1.82) is 0 Å². The van der Waals surface area contributed by atoms with Gasteiger partial charge in [-0.25, -0.2) is 14.2 Å². The number of ether oxygens (including phenoxy) is 2. The lowest BCUT2D eigenvalue weighted by atomic mass is 10.0. The number of carbonyl (C=O) groups is 2. The van der Waals surface area contributed by atoms with Gasteiger partial charge in [0.2, 0.25) is 5.91 Å². The van der Waals surface area contributed by atoms with Gasteiger partial charge in [0.25, 0.3) is 5.56 Å². The van der Waals surface area contributed by atoms with Gasteiger partial charge in [-0.15, -0.1) is 11.3 Å². The minimum Gasteiger partial charge on any atom is -0.496 e. The summed E-state index contributed by atoms with van der Waals surface area (Å²) in [4.78, 5) is 56.4. The number of amides is 1. The van der Waals surface area contributed by atoms with Gasteiger partial charge in [0.15, 0.2) is 0 Å².